The molecule has 0 radical (unpaired) electrons. The molecule has 0 aliphatic rings. The number of halogens is 4. The van der Waals surface area contributed by atoms with Gasteiger partial charge in [-0.2, -0.15) is 18.3 Å². The van der Waals surface area contributed by atoms with Crippen molar-refractivity contribution in [3.63, 3.8) is 0 Å². The van der Waals surface area contributed by atoms with Gasteiger partial charge in [-0.05, 0) is 56.7 Å². The Labute approximate surface area is 187 Å². The molecule has 33 heavy (non-hydrogen) atoms. The number of amides is 1. The lowest BCUT2D eigenvalue weighted by atomic mass is 10.0. The van der Waals surface area contributed by atoms with Gasteiger partial charge in [-0.3, -0.25) is 14.5 Å². The second-order valence-corrected chi connectivity index (χ2v) is 7.88. The predicted molar refractivity (Wildman–Crippen MR) is 117 cm³/mol. The van der Waals surface area contributed by atoms with E-state index < -0.39 is 29.3 Å². The molecule has 170 valence electrons. The predicted octanol–water partition coefficient (Wildman–Crippen LogP) is 5.82. The summed E-state index contributed by atoms with van der Waals surface area (Å²) >= 11 is 0. The van der Waals surface area contributed by atoms with Gasteiger partial charge in [-0.1, -0.05) is 23.8 Å². The van der Waals surface area contributed by atoms with Crippen molar-refractivity contribution in [1.82, 2.24) is 14.8 Å². The van der Waals surface area contributed by atoms with E-state index in [1.807, 2.05) is 13.0 Å². The summed E-state index contributed by atoms with van der Waals surface area (Å²) in [4.78, 5) is 17.5. The number of nitrogens with one attached hydrogen (secondary N) is 1. The molecule has 2 heterocycles. The van der Waals surface area contributed by atoms with E-state index in [9.17, 15) is 22.4 Å². The van der Waals surface area contributed by atoms with Crippen LogP contribution in [-0.2, 0) is 12.7 Å². The highest BCUT2D eigenvalue weighted by molar-refractivity contribution is 6.13. The van der Waals surface area contributed by atoms with Crippen LogP contribution in [0.4, 0.5) is 23.2 Å². The maximum absolute atomic E-state index is 13.8. The number of pyridine rings is 1. The standard InChI is InChI=1S/C24H20F4N4O/c1-13-4-9-20-18(10-13)19(11-14(2)29-20)23(33)30-21-15(3)32(31-22(21)24(26,27)28)12-16-5-7-17(25)8-6-16/h4-11H,12H2,1-3H3,(H,30,33). The molecule has 5 nitrogen and oxygen atoms in total. The minimum absolute atomic E-state index is 0.0123. The minimum Gasteiger partial charge on any atom is -0.319 e. The van der Waals surface area contributed by atoms with E-state index in [-0.39, 0.29) is 17.8 Å². The van der Waals surface area contributed by atoms with Crippen molar-refractivity contribution < 1.29 is 22.4 Å². The van der Waals surface area contributed by atoms with Gasteiger partial charge in [0.15, 0.2) is 5.69 Å². The maximum atomic E-state index is 13.8. The zero-order valence-corrected chi connectivity index (χ0v) is 18.1. The Bertz CT molecular complexity index is 1360. The highest BCUT2D eigenvalue weighted by Gasteiger charge is 2.39. The molecular weight excluding hydrogens is 436 g/mol. The van der Waals surface area contributed by atoms with Crippen LogP contribution in [-0.4, -0.2) is 20.7 Å². The second kappa shape index (κ2) is 8.31. The Kier molecular flexibility index (Phi) is 5.65. The van der Waals surface area contributed by atoms with Crippen molar-refractivity contribution >= 4 is 22.5 Å². The van der Waals surface area contributed by atoms with Gasteiger partial charge in [0, 0.05) is 11.1 Å². The third-order valence-corrected chi connectivity index (χ3v) is 5.30. The highest BCUT2D eigenvalue weighted by Crippen LogP contribution is 2.36. The normalized spacial score (nSPS) is 11.7. The van der Waals surface area contributed by atoms with Crippen molar-refractivity contribution in [1.29, 1.82) is 0 Å². The molecule has 0 bridgehead atoms. The molecule has 9 heteroatoms. The molecule has 0 aliphatic heterocycles. The van der Waals surface area contributed by atoms with Crippen LogP contribution in [0.2, 0.25) is 0 Å². The first-order chi connectivity index (χ1) is 15.5. The highest BCUT2D eigenvalue weighted by atomic mass is 19.4. The molecule has 2 aromatic carbocycles. The third-order valence-electron chi connectivity index (χ3n) is 5.30. The molecule has 0 saturated carbocycles. The molecule has 4 aromatic rings. The zero-order valence-electron chi connectivity index (χ0n) is 18.1. The van der Waals surface area contributed by atoms with Gasteiger partial charge in [-0.15, -0.1) is 0 Å². The SMILES string of the molecule is Cc1ccc2nc(C)cc(C(=O)Nc3c(C(F)(F)F)nn(Cc4ccc(F)cc4)c3C)c2c1. The fourth-order valence-electron chi connectivity index (χ4n) is 3.65. The molecule has 0 aliphatic carbocycles. The molecular formula is C24H20F4N4O. The summed E-state index contributed by atoms with van der Waals surface area (Å²) in [5.74, 6) is -1.14. The van der Waals surface area contributed by atoms with Gasteiger partial charge in [-0.25, -0.2) is 4.39 Å². The van der Waals surface area contributed by atoms with Crippen molar-refractivity contribution in [2.75, 3.05) is 5.32 Å². The molecule has 0 fully saturated rings. The van der Waals surface area contributed by atoms with E-state index in [1.165, 1.54) is 31.2 Å². The number of hydrogen-bond acceptors (Lipinski definition) is 3. The zero-order chi connectivity index (χ0) is 23.9. The van der Waals surface area contributed by atoms with E-state index >= 15 is 0 Å². The number of benzene rings is 2. The Morgan fingerprint density at radius 1 is 1.03 bits per heavy atom. The van der Waals surface area contributed by atoms with Crippen molar-refractivity contribution in [2.24, 2.45) is 0 Å². The van der Waals surface area contributed by atoms with E-state index in [1.54, 1.807) is 25.1 Å². The lowest BCUT2D eigenvalue weighted by molar-refractivity contribution is -0.140. The number of anilines is 1. The lowest BCUT2D eigenvalue weighted by Crippen LogP contribution is -2.17. The molecule has 2 aromatic heterocycles. The smallest absolute Gasteiger partial charge is 0.319 e. The summed E-state index contributed by atoms with van der Waals surface area (Å²) in [6.07, 6.45) is -4.78. The largest absolute Gasteiger partial charge is 0.437 e. The number of rotatable bonds is 4. The summed E-state index contributed by atoms with van der Waals surface area (Å²) in [6.45, 7) is 5.00. The number of aromatic nitrogens is 3. The number of carbonyl (C=O) groups excluding carboxylic acids is 1. The summed E-state index contributed by atoms with van der Waals surface area (Å²) in [7, 11) is 0. The van der Waals surface area contributed by atoms with Gasteiger partial charge in [0.05, 0.1) is 29.0 Å². The van der Waals surface area contributed by atoms with Crippen LogP contribution < -0.4 is 5.32 Å². The summed E-state index contributed by atoms with van der Waals surface area (Å²) in [6, 6.07) is 12.3. The van der Waals surface area contributed by atoms with Gasteiger partial charge in [0.1, 0.15) is 5.82 Å². The number of aryl methyl sites for hydroxylation is 2. The lowest BCUT2D eigenvalue weighted by Gasteiger charge is -2.12. The average Bonchev–Trinajstić information content (AvgIpc) is 3.05. The number of hydrogen-bond donors (Lipinski definition) is 1. The third kappa shape index (κ3) is 4.57. The fraction of sp³-hybridized carbons (Fsp3) is 0.208. The maximum Gasteiger partial charge on any atom is 0.437 e. The van der Waals surface area contributed by atoms with Crippen LogP contribution in [0.15, 0.2) is 48.5 Å². The molecule has 0 unspecified atom stereocenters. The fourth-order valence-corrected chi connectivity index (χ4v) is 3.65. The topological polar surface area (TPSA) is 59.8 Å². The summed E-state index contributed by atoms with van der Waals surface area (Å²) in [5.41, 5.74) is 1.35. The average molecular weight is 456 g/mol. The number of nitrogens with zero attached hydrogens (tertiary/aromatic N) is 3. The van der Waals surface area contributed by atoms with Gasteiger partial charge in [0.25, 0.3) is 5.91 Å². The Hall–Kier alpha value is -3.75. The van der Waals surface area contributed by atoms with E-state index in [4.69, 9.17) is 0 Å². The van der Waals surface area contributed by atoms with Crippen molar-refractivity contribution in [3.05, 3.63) is 88.1 Å². The first-order valence-electron chi connectivity index (χ1n) is 10.1. The quantitative estimate of drug-likeness (QED) is 0.394. The summed E-state index contributed by atoms with van der Waals surface area (Å²) < 4.78 is 55.6. The Balaban J connectivity index is 1.75. The van der Waals surface area contributed by atoms with Gasteiger partial charge in [0.2, 0.25) is 0 Å². The molecule has 0 saturated heterocycles. The molecule has 1 N–H and O–H groups in total. The number of fused-ring (bicyclic) bond motifs is 1. The Morgan fingerprint density at radius 2 is 1.73 bits per heavy atom. The minimum atomic E-state index is -4.78. The number of alkyl halides is 3. The number of carbonyl (C=O) groups is 1. The molecule has 1 amide bonds. The Morgan fingerprint density at radius 3 is 2.39 bits per heavy atom. The first-order valence-corrected chi connectivity index (χ1v) is 10.1. The molecule has 0 spiro atoms. The van der Waals surface area contributed by atoms with Crippen LogP contribution in [0.1, 0.15) is 38.6 Å². The molecule has 0 atom stereocenters. The van der Waals surface area contributed by atoms with Gasteiger partial charge >= 0.3 is 6.18 Å². The van der Waals surface area contributed by atoms with Crippen molar-refractivity contribution in [2.45, 2.75) is 33.5 Å². The van der Waals surface area contributed by atoms with Crippen molar-refractivity contribution in [3.8, 4) is 0 Å². The van der Waals surface area contributed by atoms with Crippen LogP contribution in [0, 0.1) is 26.6 Å². The second-order valence-electron chi connectivity index (χ2n) is 7.88. The van der Waals surface area contributed by atoms with E-state index in [2.05, 4.69) is 15.4 Å². The van der Waals surface area contributed by atoms with Gasteiger partial charge < -0.3 is 5.32 Å². The summed E-state index contributed by atoms with van der Waals surface area (Å²) in [5, 5.41) is 6.68. The van der Waals surface area contributed by atoms with Crippen LogP contribution in [0.3, 0.4) is 0 Å². The van der Waals surface area contributed by atoms with Crippen LogP contribution in [0.5, 0.6) is 0 Å². The first kappa shape index (κ1) is 22.4. The molecule has 4 rings (SSSR count). The van der Waals surface area contributed by atoms with Crippen LogP contribution >= 0.6 is 0 Å². The van der Waals surface area contributed by atoms with E-state index in [0.717, 1.165) is 10.2 Å². The van der Waals surface area contributed by atoms with Crippen LogP contribution in [0.25, 0.3) is 10.9 Å². The monoisotopic (exact) mass is 456 g/mol. The van der Waals surface area contributed by atoms with E-state index in [0.29, 0.717) is 22.2 Å².